The zero-order valence-electron chi connectivity index (χ0n) is 18.0. The number of carbonyl (C=O) groups is 1. The SMILES string of the molecule is O=C(OCC1c2ccccc2-c2ccccc21)N1C2C=C(c3ccc(F)cn3)CC1COC2. The Morgan fingerprint density at radius 2 is 1.76 bits per heavy atom. The summed E-state index contributed by atoms with van der Waals surface area (Å²) in [6, 6.07) is 19.3. The van der Waals surface area contributed by atoms with Crippen molar-refractivity contribution in [3.05, 3.63) is 95.6 Å². The van der Waals surface area contributed by atoms with Crippen LogP contribution >= 0.6 is 0 Å². The van der Waals surface area contributed by atoms with E-state index < -0.39 is 0 Å². The van der Waals surface area contributed by atoms with Crippen LogP contribution in [0.5, 0.6) is 0 Å². The maximum atomic E-state index is 13.3. The third kappa shape index (κ3) is 3.51. The number of rotatable bonds is 3. The number of aromatic nitrogens is 1. The van der Waals surface area contributed by atoms with Crippen molar-refractivity contribution in [3.63, 3.8) is 0 Å². The van der Waals surface area contributed by atoms with Crippen molar-refractivity contribution in [1.82, 2.24) is 9.88 Å². The molecule has 0 spiro atoms. The summed E-state index contributed by atoms with van der Waals surface area (Å²) in [5.74, 6) is -0.337. The number of halogens is 1. The average Bonchev–Trinajstić information content (AvgIpc) is 3.16. The van der Waals surface area contributed by atoms with E-state index in [0.717, 1.165) is 11.3 Å². The molecule has 1 saturated heterocycles. The number of morpholine rings is 1. The standard InChI is InChI=1S/C27H23FN2O3/c28-18-9-10-26(29-13-18)17-11-19-14-32-15-20(12-17)30(19)27(31)33-16-25-23-7-3-1-5-21(23)22-6-2-4-8-24(22)25/h1-11,13,19-20,25H,12,14-16H2. The lowest BCUT2D eigenvalue weighted by Crippen LogP contribution is -2.56. The summed E-state index contributed by atoms with van der Waals surface area (Å²) < 4.78 is 24.9. The van der Waals surface area contributed by atoms with Crippen molar-refractivity contribution in [2.75, 3.05) is 19.8 Å². The Bertz CT molecular complexity index is 1190. The molecular weight excluding hydrogens is 419 g/mol. The summed E-state index contributed by atoms with van der Waals surface area (Å²) in [4.78, 5) is 19.2. The topological polar surface area (TPSA) is 51.7 Å². The fraction of sp³-hybridized carbons (Fsp3) is 0.259. The van der Waals surface area contributed by atoms with E-state index >= 15 is 0 Å². The van der Waals surface area contributed by atoms with Crippen LogP contribution in [0.4, 0.5) is 9.18 Å². The Kier molecular flexibility index (Phi) is 4.95. The fourth-order valence-corrected chi connectivity index (χ4v) is 5.30. The van der Waals surface area contributed by atoms with Gasteiger partial charge in [-0.05, 0) is 46.4 Å². The second-order valence-corrected chi connectivity index (χ2v) is 8.73. The number of pyridine rings is 1. The fourth-order valence-electron chi connectivity index (χ4n) is 5.30. The first-order valence-corrected chi connectivity index (χ1v) is 11.2. The maximum absolute atomic E-state index is 13.3. The van der Waals surface area contributed by atoms with Gasteiger partial charge in [0.05, 0.1) is 37.2 Å². The number of ether oxygens (including phenoxy) is 2. The van der Waals surface area contributed by atoms with Crippen LogP contribution in [0.3, 0.4) is 0 Å². The molecule has 0 N–H and O–H groups in total. The highest BCUT2D eigenvalue weighted by Gasteiger charge is 2.40. The molecule has 5 nitrogen and oxygen atoms in total. The molecule has 1 aromatic heterocycles. The monoisotopic (exact) mass is 442 g/mol. The minimum Gasteiger partial charge on any atom is -0.448 e. The zero-order valence-corrected chi connectivity index (χ0v) is 18.0. The number of carbonyl (C=O) groups excluding carboxylic acids is 1. The molecule has 166 valence electrons. The van der Waals surface area contributed by atoms with Crippen molar-refractivity contribution < 1.29 is 18.7 Å². The minimum absolute atomic E-state index is 0.0248. The molecule has 2 atom stereocenters. The smallest absolute Gasteiger partial charge is 0.410 e. The molecule has 2 aliphatic heterocycles. The van der Waals surface area contributed by atoms with Gasteiger partial charge in [0.15, 0.2) is 0 Å². The van der Waals surface area contributed by atoms with Crippen LogP contribution in [0.25, 0.3) is 16.7 Å². The van der Waals surface area contributed by atoms with E-state index in [1.807, 2.05) is 30.3 Å². The normalized spacial score (nSPS) is 21.2. The van der Waals surface area contributed by atoms with Crippen LogP contribution in [0, 0.1) is 5.82 Å². The van der Waals surface area contributed by atoms with E-state index in [-0.39, 0.29) is 29.9 Å². The van der Waals surface area contributed by atoms with Gasteiger partial charge in [-0.25, -0.2) is 9.18 Å². The van der Waals surface area contributed by atoms with E-state index in [9.17, 15) is 9.18 Å². The number of nitrogens with zero attached hydrogens (tertiary/aromatic N) is 2. The van der Waals surface area contributed by atoms with Crippen LogP contribution in [-0.2, 0) is 9.47 Å². The van der Waals surface area contributed by atoms with Gasteiger partial charge in [0, 0.05) is 5.92 Å². The second kappa shape index (κ2) is 8.12. The summed E-state index contributed by atoms with van der Waals surface area (Å²) in [7, 11) is 0. The summed E-state index contributed by atoms with van der Waals surface area (Å²) in [6.07, 6.45) is 3.49. The van der Waals surface area contributed by atoms with Crippen molar-refractivity contribution >= 4 is 11.7 Å². The zero-order chi connectivity index (χ0) is 22.4. The van der Waals surface area contributed by atoms with Gasteiger partial charge < -0.3 is 9.47 Å². The average molecular weight is 442 g/mol. The molecule has 6 heteroatoms. The quantitative estimate of drug-likeness (QED) is 0.571. The molecule has 0 radical (unpaired) electrons. The van der Waals surface area contributed by atoms with Gasteiger partial charge in [0.1, 0.15) is 12.4 Å². The third-order valence-corrected chi connectivity index (χ3v) is 6.80. The number of amides is 1. The molecule has 2 unspecified atom stereocenters. The minimum atomic E-state index is -0.362. The number of hydrogen-bond donors (Lipinski definition) is 0. The molecule has 6 rings (SSSR count). The highest BCUT2D eigenvalue weighted by molar-refractivity contribution is 5.79. The van der Waals surface area contributed by atoms with E-state index in [1.54, 1.807) is 11.0 Å². The molecule has 33 heavy (non-hydrogen) atoms. The van der Waals surface area contributed by atoms with Crippen molar-refractivity contribution in [3.8, 4) is 11.1 Å². The number of fused-ring (bicyclic) bond motifs is 5. The highest BCUT2D eigenvalue weighted by atomic mass is 19.1. The molecule has 0 saturated carbocycles. The Morgan fingerprint density at radius 1 is 1.03 bits per heavy atom. The van der Waals surface area contributed by atoms with Gasteiger partial charge >= 0.3 is 6.09 Å². The van der Waals surface area contributed by atoms with Gasteiger partial charge in [-0.3, -0.25) is 9.88 Å². The van der Waals surface area contributed by atoms with Crippen LogP contribution in [0.15, 0.2) is 72.9 Å². The lowest BCUT2D eigenvalue weighted by molar-refractivity contribution is -0.0331. The van der Waals surface area contributed by atoms with Crippen LogP contribution in [0.2, 0.25) is 0 Å². The Balaban J connectivity index is 1.22. The Labute approximate surface area is 191 Å². The van der Waals surface area contributed by atoms with Gasteiger partial charge in [-0.15, -0.1) is 0 Å². The largest absolute Gasteiger partial charge is 0.448 e. The van der Waals surface area contributed by atoms with Crippen molar-refractivity contribution in [1.29, 1.82) is 0 Å². The summed E-state index contributed by atoms with van der Waals surface area (Å²) >= 11 is 0. The lowest BCUT2D eigenvalue weighted by atomic mass is 9.92. The van der Waals surface area contributed by atoms with Gasteiger partial charge in [-0.2, -0.15) is 0 Å². The molecule has 1 amide bonds. The first-order chi connectivity index (χ1) is 16.2. The molecule has 2 aromatic carbocycles. The lowest BCUT2D eigenvalue weighted by Gasteiger charge is -2.43. The molecule has 3 aromatic rings. The van der Waals surface area contributed by atoms with E-state index in [1.165, 1.54) is 34.5 Å². The van der Waals surface area contributed by atoms with Gasteiger partial charge in [0.25, 0.3) is 0 Å². The summed E-state index contributed by atoms with van der Waals surface area (Å²) in [5.41, 5.74) is 6.54. The third-order valence-electron chi connectivity index (χ3n) is 6.80. The molecule has 1 fully saturated rings. The van der Waals surface area contributed by atoms with Crippen LogP contribution in [-0.4, -0.2) is 47.9 Å². The van der Waals surface area contributed by atoms with E-state index in [2.05, 4.69) is 29.2 Å². The molecule has 2 bridgehead atoms. The second-order valence-electron chi connectivity index (χ2n) is 8.73. The van der Waals surface area contributed by atoms with Crippen molar-refractivity contribution in [2.24, 2.45) is 0 Å². The molecular formula is C27H23FN2O3. The van der Waals surface area contributed by atoms with Crippen LogP contribution < -0.4 is 0 Å². The molecule has 3 heterocycles. The summed E-state index contributed by atoms with van der Waals surface area (Å²) in [6.45, 7) is 1.14. The van der Waals surface area contributed by atoms with Gasteiger partial charge in [0.2, 0.25) is 0 Å². The van der Waals surface area contributed by atoms with E-state index in [0.29, 0.717) is 26.2 Å². The predicted molar refractivity (Wildman–Crippen MR) is 122 cm³/mol. The Morgan fingerprint density at radius 3 is 2.42 bits per heavy atom. The van der Waals surface area contributed by atoms with E-state index in [4.69, 9.17) is 9.47 Å². The number of benzene rings is 2. The molecule has 1 aliphatic carbocycles. The first-order valence-electron chi connectivity index (χ1n) is 11.2. The van der Waals surface area contributed by atoms with Crippen molar-refractivity contribution in [2.45, 2.75) is 24.4 Å². The first kappa shape index (κ1) is 20.1. The predicted octanol–water partition coefficient (Wildman–Crippen LogP) is 5.03. The Hall–Kier alpha value is -3.51. The highest BCUT2D eigenvalue weighted by Crippen LogP contribution is 2.44. The number of hydrogen-bond acceptors (Lipinski definition) is 4. The maximum Gasteiger partial charge on any atom is 0.410 e. The van der Waals surface area contributed by atoms with Gasteiger partial charge in [-0.1, -0.05) is 54.6 Å². The van der Waals surface area contributed by atoms with Crippen LogP contribution in [0.1, 0.15) is 29.2 Å². The molecule has 3 aliphatic rings. The summed E-state index contributed by atoms with van der Waals surface area (Å²) in [5, 5.41) is 0.